The number of nitrogens with zero attached hydrogens (tertiary/aromatic N) is 1. The van der Waals surface area contributed by atoms with Crippen molar-refractivity contribution in [2.24, 2.45) is 5.41 Å². The van der Waals surface area contributed by atoms with E-state index in [1.165, 1.54) is 6.92 Å². The van der Waals surface area contributed by atoms with Crippen LogP contribution in [0.5, 0.6) is 0 Å². The molecule has 0 heterocycles. The van der Waals surface area contributed by atoms with E-state index in [0.717, 1.165) is 0 Å². The van der Waals surface area contributed by atoms with Gasteiger partial charge in [0.25, 0.3) is 0 Å². The summed E-state index contributed by atoms with van der Waals surface area (Å²) in [7, 11) is -3.46. The maximum Gasteiger partial charge on any atom is 0.155 e. The minimum atomic E-state index is -3.46. The number of rotatable bonds is 4. The Morgan fingerprint density at radius 3 is 2.68 bits per heavy atom. The number of aldehydes is 1. The number of hydrogen-bond acceptors (Lipinski definition) is 4. The first-order valence-electron chi connectivity index (χ1n) is 5.77. The Kier molecular flexibility index (Phi) is 3.41. The third-order valence-electron chi connectivity index (χ3n) is 3.56. The normalized spacial score (nSPS) is 29.5. The van der Waals surface area contributed by atoms with Gasteiger partial charge in [-0.15, -0.1) is 0 Å². The largest absolute Gasteiger partial charge is 0.302 e. The summed E-state index contributed by atoms with van der Waals surface area (Å²) in [4.78, 5) is 11.2. The second kappa shape index (κ2) is 4.62. The van der Waals surface area contributed by atoms with E-state index in [0.29, 0.717) is 16.9 Å². The first kappa shape index (κ1) is 14.0. The second-order valence-electron chi connectivity index (χ2n) is 4.57. The lowest BCUT2D eigenvalue weighted by molar-refractivity contribution is -0.110. The summed E-state index contributed by atoms with van der Waals surface area (Å²) < 4.78 is 24.0. The van der Waals surface area contributed by atoms with Crippen LogP contribution in [0.3, 0.4) is 0 Å². The van der Waals surface area contributed by atoms with E-state index in [-0.39, 0.29) is 5.75 Å². The molecule has 0 aliphatic heterocycles. The molecule has 0 amide bonds. The zero-order chi connectivity index (χ0) is 14.3. The van der Waals surface area contributed by atoms with Gasteiger partial charge < -0.3 is 4.79 Å². The van der Waals surface area contributed by atoms with Crippen molar-refractivity contribution in [3.8, 4) is 6.07 Å². The summed E-state index contributed by atoms with van der Waals surface area (Å²) in [5, 5.41) is 8.69. The third-order valence-corrected chi connectivity index (χ3v) is 6.04. The van der Waals surface area contributed by atoms with Crippen molar-refractivity contribution in [2.75, 3.05) is 5.75 Å². The summed E-state index contributed by atoms with van der Waals surface area (Å²) in [5.41, 5.74) is -0.859. The highest BCUT2D eigenvalue weighted by molar-refractivity contribution is 7.92. The van der Waals surface area contributed by atoms with Gasteiger partial charge in [0.05, 0.1) is 11.3 Å². The van der Waals surface area contributed by atoms with Gasteiger partial charge in [-0.05, 0) is 17.7 Å². The first-order valence-corrected chi connectivity index (χ1v) is 7.87. The van der Waals surface area contributed by atoms with Crippen molar-refractivity contribution in [3.63, 3.8) is 0 Å². The molecule has 1 aromatic rings. The van der Waals surface area contributed by atoms with Gasteiger partial charge in [-0.25, -0.2) is 8.42 Å². The first-order chi connectivity index (χ1) is 8.93. The van der Waals surface area contributed by atoms with Gasteiger partial charge in [0, 0.05) is 16.7 Å². The second-order valence-corrected chi connectivity index (χ2v) is 7.41. The van der Waals surface area contributed by atoms with E-state index in [1.54, 1.807) is 24.3 Å². The molecule has 0 saturated heterocycles. The van der Waals surface area contributed by atoms with Crippen LogP contribution in [0.15, 0.2) is 24.3 Å². The highest BCUT2D eigenvalue weighted by Gasteiger charge is 2.72. The molecule has 1 fully saturated rings. The van der Waals surface area contributed by atoms with Crippen LogP contribution < -0.4 is 0 Å². The summed E-state index contributed by atoms with van der Waals surface area (Å²) in [5.74, 6) is -0.718. The molecule has 3 atom stereocenters. The molecule has 1 aromatic carbocycles. The molecule has 1 saturated carbocycles. The Balaban J connectivity index is 2.52. The minimum absolute atomic E-state index is 0.0913. The maximum atomic E-state index is 12.0. The Morgan fingerprint density at radius 1 is 1.53 bits per heavy atom. The van der Waals surface area contributed by atoms with Crippen LogP contribution in [-0.2, 0) is 14.6 Å². The lowest BCUT2D eigenvalue weighted by Crippen LogP contribution is -2.17. The van der Waals surface area contributed by atoms with Crippen LogP contribution in [0.25, 0.3) is 0 Å². The van der Waals surface area contributed by atoms with Gasteiger partial charge >= 0.3 is 0 Å². The van der Waals surface area contributed by atoms with Gasteiger partial charge in [-0.3, -0.25) is 0 Å². The van der Waals surface area contributed by atoms with E-state index in [1.807, 2.05) is 6.07 Å². The van der Waals surface area contributed by atoms with Gasteiger partial charge in [0.15, 0.2) is 9.84 Å². The molecule has 2 rings (SSSR count). The topological polar surface area (TPSA) is 75.0 Å². The lowest BCUT2D eigenvalue weighted by atomic mass is 10.0. The Hall–Kier alpha value is -1.38. The minimum Gasteiger partial charge on any atom is -0.302 e. The highest BCUT2D eigenvalue weighted by Crippen LogP contribution is 2.61. The molecule has 0 spiro atoms. The van der Waals surface area contributed by atoms with Crippen LogP contribution in [0.1, 0.15) is 18.4 Å². The van der Waals surface area contributed by atoms with Crippen LogP contribution in [0.2, 0.25) is 5.02 Å². The molecule has 0 aromatic heterocycles. The zero-order valence-corrected chi connectivity index (χ0v) is 11.8. The predicted molar refractivity (Wildman–Crippen MR) is 71.6 cm³/mol. The summed E-state index contributed by atoms with van der Waals surface area (Å²) >= 11 is 5.87. The molecular weight excluding hydrogens is 286 g/mol. The molecular formula is C13H12ClNO3S. The van der Waals surface area contributed by atoms with Gasteiger partial charge in [-0.2, -0.15) is 5.26 Å². The van der Waals surface area contributed by atoms with Gasteiger partial charge in [0.2, 0.25) is 0 Å². The fourth-order valence-electron chi connectivity index (χ4n) is 2.51. The molecule has 0 radical (unpaired) electrons. The van der Waals surface area contributed by atoms with Crippen molar-refractivity contribution in [1.82, 2.24) is 0 Å². The number of carbonyl (C=O) groups is 1. The van der Waals surface area contributed by atoms with Crippen molar-refractivity contribution in [1.29, 1.82) is 5.26 Å². The molecule has 4 nitrogen and oxygen atoms in total. The Bertz CT molecular complexity index is 665. The van der Waals surface area contributed by atoms with E-state index in [2.05, 4.69) is 0 Å². The van der Waals surface area contributed by atoms with Crippen molar-refractivity contribution in [3.05, 3.63) is 34.9 Å². The summed E-state index contributed by atoms with van der Waals surface area (Å²) in [6.07, 6.45) is 0.455. The molecule has 19 heavy (non-hydrogen) atoms. The fourth-order valence-corrected chi connectivity index (χ4v) is 4.63. The van der Waals surface area contributed by atoms with Crippen LogP contribution in [0, 0.1) is 16.7 Å². The summed E-state index contributed by atoms with van der Waals surface area (Å²) in [6.45, 7) is 1.51. The van der Waals surface area contributed by atoms with E-state index >= 15 is 0 Å². The molecule has 1 aliphatic rings. The summed E-state index contributed by atoms with van der Waals surface area (Å²) in [6, 6.07) is 8.50. The molecule has 0 N–H and O–H groups in total. The van der Waals surface area contributed by atoms with E-state index < -0.39 is 26.4 Å². The van der Waals surface area contributed by atoms with E-state index in [9.17, 15) is 18.5 Å². The predicted octanol–water partition coefficient (Wildman–Crippen LogP) is 1.95. The highest BCUT2D eigenvalue weighted by atomic mass is 35.5. The number of carbonyl (C=O) groups excluding carboxylic acids is 1. The number of nitriles is 1. The SMILES string of the molecule is CCS(=O)(=O)C1C(c2cccc(Cl)c2)C1(C#N)C=O. The Morgan fingerprint density at radius 2 is 2.21 bits per heavy atom. The Labute approximate surface area is 116 Å². The monoisotopic (exact) mass is 297 g/mol. The molecule has 3 unspecified atom stereocenters. The zero-order valence-electron chi connectivity index (χ0n) is 10.2. The van der Waals surface area contributed by atoms with Crippen molar-refractivity contribution in [2.45, 2.75) is 18.1 Å². The molecule has 1 aliphatic carbocycles. The quantitative estimate of drug-likeness (QED) is 0.796. The number of hydrogen-bond donors (Lipinski definition) is 0. The van der Waals surface area contributed by atoms with Crippen molar-refractivity contribution >= 4 is 27.7 Å². The van der Waals surface area contributed by atoms with Gasteiger partial charge in [-0.1, -0.05) is 30.7 Å². The number of halogens is 1. The molecule has 100 valence electrons. The maximum absolute atomic E-state index is 12.0. The van der Waals surface area contributed by atoms with E-state index in [4.69, 9.17) is 11.6 Å². The molecule has 6 heteroatoms. The third kappa shape index (κ3) is 2.05. The number of benzene rings is 1. The van der Waals surface area contributed by atoms with Crippen LogP contribution in [0.4, 0.5) is 0 Å². The fraction of sp³-hybridized carbons (Fsp3) is 0.385. The standard InChI is InChI=1S/C13H12ClNO3S/c1-2-19(17,18)12-11(13(12,7-15)8-16)9-4-3-5-10(14)6-9/h3-6,8,11-12H,2H2,1H3. The molecule has 0 bridgehead atoms. The lowest BCUT2D eigenvalue weighted by Gasteiger charge is -2.00. The average molecular weight is 298 g/mol. The van der Waals surface area contributed by atoms with Crippen molar-refractivity contribution < 1.29 is 13.2 Å². The average Bonchev–Trinajstić information content (AvgIpc) is 3.09. The smallest absolute Gasteiger partial charge is 0.155 e. The van der Waals surface area contributed by atoms with Gasteiger partial charge in [0.1, 0.15) is 11.7 Å². The number of sulfone groups is 1. The van der Waals surface area contributed by atoms with Crippen LogP contribution in [-0.4, -0.2) is 25.7 Å². The van der Waals surface area contributed by atoms with Crippen LogP contribution >= 0.6 is 11.6 Å².